The van der Waals surface area contributed by atoms with Crippen LogP contribution in [-0.2, 0) is 6.54 Å². The maximum Gasteiger partial charge on any atom is 0.227 e. The van der Waals surface area contributed by atoms with Gasteiger partial charge in [0.2, 0.25) is 5.95 Å². The molecule has 0 bridgehead atoms. The lowest BCUT2D eigenvalue weighted by atomic mass is 10.2. The highest BCUT2D eigenvalue weighted by atomic mass is 35.5. The lowest BCUT2D eigenvalue weighted by molar-refractivity contribution is 0.285. The second-order valence-electron chi connectivity index (χ2n) is 7.38. The van der Waals surface area contributed by atoms with Crippen LogP contribution >= 0.6 is 11.6 Å². The minimum atomic E-state index is 0.443. The van der Waals surface area contributed by atoms with Crippen LogP contribution in [0.4, 0.5) is 11.8 Å². The van der Waals surface area contributed by atoms with Crippen molar-refractivity contribution in [3.05, 3.63) is 47.0 Å². The lowest BCUT2D eigenvalue weighted by Gasteiger charge is -2.22. The van der Waals surface area contributed by atoms with Crippen molar-refractivity contribution >= 4 is 34.3 Å². The largest absolute Gasteiger partial charge is 0.493 e. The molecule has 0 spiro atoms. The van der Waals surface area contributed by atoms with Gasteiger partial charge < -0.3 is 20.1 Å². The summed E-state index contributed by atoms with van der Waals surface area (Å²) < 4.78 is 10.8. The average molecular weight is 428 g/mol. The average Bonchev–Trinajstić information content (AvgIpc) is 3.00. The van der Waals surface area contributed by atoms with Gasteiger partial charge in [-0.25, -0.2) is 4.98 Å². The minimum absolute atomic E-state index is 0.443. The van der Waals surface area contributed by atoms with Crippen molar-refractivity contribution in [1.29, 1.82) is 0 Å². The predicted octanol–water partition coefficient (Wildman–Crippen LogP) is 3.59. The highest BCUT2D eigenvalue weighted by molar-refractivity contribution is 6.30. The Hall–Kier alpha value is -2.77. The molecule has 1 saturated heterocycles. The van der Waals surface area contributed by atoms with Crippen LogP contribution in [-0.4, -0.2) is 55.3 Å². The molecule has 158 valence electrons. The van der Waals surface area contributed by atoms with Crippen molar-refractivity contribution in [3.63, 3.8) is 0 Å². The van der Waals surface area contributed by atoms with Gasteiger partial charge in [-0.15, -0.1) is 0 Å². The van der Waals surface area contributed by atoms with Gasteiger partial charge in [-0.3, -0.25) is 4.90 Å². The number of benzene rings is 2. The van der Waals surface area contributed by atoms with Crippen molar-refractivity contribution < 1.29 is 9.47 Å². The van der Waals surface area contributed by atoms with E-state index in [1.165, 1.54) is 5.56 Å². The molecule has 2 heterocycles. The molecule has 1 fully saturated rings. The number of aromatic nitrogens is 2. The van der Waals surface area contributed by atoms with Crippen LogP contribution in [0.25, 0.3) is 10.9 Å². The molecule has 0 atom stereocenters. The van der Waals surface area contributed by atoms with Crippen molar-refractivity contribution in [2.45, 2.75) is 13.0 Å². The number of nitrogens with two attached hydrogens (primary N) is 1. The zero-order valence-electron chi connectivity index (χ0n) is 17.3. The fourth-order valence-corrected chi connectivity index (χ4v) is 3.91. The molecule has 2 N–H and O–H groups in total. The van der Waals surface area contributed by atoms with Gasteiger partial charge in [0, 0.05) is 49.2 Å². The zero-order valence-corrected chi connectivity index (χ0v) is 18.0. The van der Waals surface area contributed by atoms with E-state index < -0.39 is 0 Å². The number of halogens is 1. The monoisotopic (exact) mass is 427 g/mol. The molecule has 1 aliphatic heterocycles. The summed E-state index contributed by atoms with van der Waals surface area (Å²) in [6.45, 7) is 4.58. The molecule has 0 radical (unpaired) electrons. The quantitative estimate of drug-likeness (QED) is 0.666. The van der Waals surface area contributed by atoms with Crippen LogP contribution in [0.2, 0.25) is 5.02 Å². The smallest absolute Gasteiger partial charge is 0.227 e. The summed E-state index contributed by atoms with van der Waals surface area (Å²) in [6, 6.07) is 11.7. The van der Waals surface area contributed by atoms with E-state index in [2.05, 4.69) is 26.9 Å². The van der Waals surface area contributed by atoms with E-state index >= 15 is 0 Å². The fourth-order valence-electron chi connectivity index (χ4n) is 3.79. The maximum absolute atomic E-state index is 6.26. The third kappa shape index (κ3) is 4.37. The van der Waals surface area contributed by atoms with Crippen molar-refractivity contribution in [2.24, 2.45) is 0 Å². The molecule has 2 aromatic carbocycles. The topological polar surface area (TPSA) is 76.7 Å². The molecular formula is C22H26ClN5O2. The van der Waals surface area contributed by atoms with E-state index in [1.54, 1.807) is 14.2 Å². The first-order valence-corrected chi connectivity index (χ1v) is 10.4. The van der Waals surface area contributed by atoms with E-state index in [0.29, 0.717) is 23.3 Å². The normalized spacial score (nSPS) is 15.2. The van der Waals surface area contributed by atoms with Gasteiger partial charge in [0.15, 0.2) is 11.5 Å². The third-order valence-electron chi connectivity index (χ3n) is 5.41. The van der Waals surface area contributed by atoms with Crippen LogP contribution in [0.15, 0.2) is 36.4 Å². The number of nitrogen functional groups attached to an aromatic ring is 1. The Morgan fingerprint density at radius 1 is 0.967 bits per heavy atom. The molecule has 0 aliphatic carbocycles. The van der Waals surface area contributed by atoms with E-state index in [0.717, 1.165) is 55.1 Å². The van der Waals surface area contributed by atoms with Crippen LogP contribution in [0.3, 0.4) is 0 Å². The first-order chi connectivity index (χ1) is 14.6. The number of hydrogen-bond acceptors (Lipinski definition) is 7. The van der Waals surface area contributed by atoms with Gasteiger partial charge in [0.05, 0.1) is 19.7 Å². The lowest BCUT2D eigenvalue weighted by Crippen LogP contribution is -2.31. The van der Waals surface area contributed by atoms with Crippen molar-refractivity contribution in [2.75, 3.05) is 51.0 Å². The molecule has 1 aromatic heterocycles. The molecule has 7 nitrogen and oxygen atoms in total. The molecule has 4 rings (SSSR count). The van der Waals surface area contributed by atoms with Crippen LogP contribution in [0, 0.1) is 0 Å². The van der Waals surface area contributed by atoms with E-state index in [-0.39, 0.29) is 0 Å². The highest BCUT2D eigenvalue weighted by Gasteiger charge is 2.19. The number of nitrogens with zero attached hydrogens (tertiary/aromatic N) is 4. The van der Waals surface area contributed by atoms with Gasteiger partial charge in [-0.1, -0.05) is 23.7 Å². The van der Waals surface area contributed by atoms with E-state index in [9.17, 15) is 0 Å². The summed E-state index contributed by atoms with van der Waals surface area (Å²) in [5.74, 6) is 2.33. The number of fused-ring (bicyclic) bond motifs is 1. The maximum atomic E-state index is 6.26. The summed E-state index contributed by atoms with van der Waals surface area (Å²) in [5, 5.41) is 1.52. The molecule has 0 amide bonds. The fraction of sp³-hybridized carbons (Fsp3) is 0.364. The Balaban J connectivity index is 1.52. The molecule has 1 aliphatic rings. The second kappa shape index (κ2) is 8.93. The number of rotatable bonds is 5. The Kier molecular flexibility index (Phi) is 6.11. The summed E-state index contributed by atoms with van der Waals surface area (Å²) in [4.78, 5) is 14.0. The van der Waals surface area contributed by atoms with Gasteiger partial charge >= 0.3 is 0 Å². The van der Waals surface area contributed by atoms with Gasteiger partial charge in [0.1, 0.15) is 5.82 Å². The first kappa shape index (κ1) is 20.5. The zero-order chi connectivity index (χ0) is 21.1. The molecule has 0 unspecified atom stereocenters. The molecular weight excluding hydrogens is 402 g/mol. The Labute approximate surface area is 181 Å². The Bertz CT molecular complexity index is 1030. The van der Waals surface area contributed by atoms with Crippen LogP contribution < -0.4 is 20.1 Å². The second-order valence-corrected chi connectivity index (χ2v) is 7.81. The van der Waals surface area contributed by atoms with Gasteiger partial charge in [-0.2, -0.15) is 4.98 Å². The number of anilines is 2. The number of ether oxygens (including phenoxy) is 2. The molecule has 8 heteroatoms. The van der Waals surface area contributed by atoms with E-state index in [4.69, 9.17) is 31.8 Å². The summed E-state index contributed by atoms with van der Waals surface area (Å²) >= 11 is 6.00. The SMILES string of the molecule is COc1cc2nc(N3CCCN(Cc4ccc(Cl)cc4)CC3)nc(N)c2cc1OC. The Morgan fingerprint density at radius 3 is 2.43 bits per heavy atom. The summed E-state index contributed by atoms with van der Waals surface area (Å²) in [6.07, 6.45) is 1.03. The number of hydrogen-bond donors (Lipinski definition) is 1. The molecule has 30 heavy (non-hydrogen) atoms. The van der Waals surface area contributed by atoms with Crippen LogP contribution in [0.1, 0.15) is 12.0 Å². The summed E-state index contributed by atoms with van der Waals surface area (Å²) in [5.41, 5.74) is 8.28. The first-order valence-electron chi connectivity index (χ1n) is 9.98. The summed E-state index contributed by atoms with van der Waals surface area (Å²) in [7, 11) is 3.21. The van der Waals surface area contributed by atoms with Crippen molar-refractivity contribution in [3.8, 4) is 11.5 Å². The molecule has 0 saturated carbocycles. The van der Waals surface area contributed by atoms with E-state index in [1.807, 2.05) is 24.3 Å². The van der Waals surface area contributed by atoms with Crippen LogP contribution in [0.5, 0.6) is 11.5 Å². The molecule has 3 aromatic rings. The predicted molar refractivity (Wildman–Crippen MR) is 121 cm³/mol. The highest BCUT2D eigenvalue weighted by Crippen LogP contribution is 2.34. The standard InChI is InChI=1S/C22H26ClN5O2/c1-29-19-12-17-18(13-20(19)30-2)25-22(26-21(17)24)28-9-3-8-27(10-11-28)14-15-4-6-16(23)7-5-15/h4-7,12-13H,3,8-11,14H2,1-2H3,(H2,24,25,26). The van der Waals surface area contributed by atoms with Gasteiger partial charge in [-0.05, 0) is 30.2 Å². The number of methoxy groups -OCH3 is 2. The third-order valence-corrected chi connectivity index (χ3v) is 5.66. The Morgan fingerprint density at radius 2 is 1.70 bits per heavy atom. The minimum Gasteiger partial charge on any atom is -0.493 e. The van der Waals surface area contributed by atoms with Crippen molar-refractivity contribution in [1.82, 2.24) is 14.9 Å². The van der Waals surface area contributed by atoms with Gasteiger partial charge in [0.25, 0.3) is 0 Å².